The first-order valence-corrected chi connectivity index (χ1v) is 6.87. The van der Waals surface area contributed by atoms with E-state index in [9.17, 15) is 0 Å². The first kappa shape index (κ1) is 18.7. The van der Waals surface area contributed by atoms with Gasteiger partial charge in [0.2, 0.25) is 0 Å². The predicted octanol–water partition coefficient (Wildman–Crippen LogP) is 3.45. The molecular weight excluding hydrogens is 279 g/mol. The van der Waals surface area contributed by atoms with Gasteiger partial charge in [-0.05, 0) is 63.3 Å². The molecule has 0 spiro atoms. The zero-order chi connectivity index (χ0) is 11.9. The van der Waals surface area contributed by atoms with Gasteiger partial charge in [-0.2, -0.15) is 0 Å². The lowest BCUT2D eigenvalue weighted by molar-refractivity contribution is 0.209. The average molecular weight is 305 g/mol. The fourth-order valence-electron chi connectivity index (χ4n) is 2.69. The Balaban J connectivity index is 0.00000162. The van der Waals surface area contributed by atoms with Gasteiger partial charge in [0.25, 0.3) is 0 Å². The number of hydrogen-bond acceptors (Lipinski definition) is 2. The summed E-state index contributed by atoms with van der Waals surface area (Å²) in [5.41, 5.74) is 7.05. The van der Waals surface area contributed by atoms with Gasteiger partial charge in [0.1, 0.15) is 0 Å². The van der Waals surface area contributed by atoms with E-state index >= 15 is 0 Å². The molecule has 0 unspecified atom stereocenters. The van der Waals surface area contributed by atoms with Crippen LogP contribution in [0.25, 0.3) is 0 Å². The molecule has 1 fully saturated rings. The summed E-state index contributed by atoms with van der Waals surface area (Å²) in [5.74, 6) is 0.780. The number of piperidine rings is 1. The van der Waals surface area contributed by atoms with Crippen molar-refractivity contribution >= 4 is 24.8 Å². The highest BCUT2D eigenvalue weighted by Gasteiger charge is 2.19. The molecule has 110 valence electrons. The highest BCUT2D eigenvalue weighted by molar-refractivity contribution is 5.85. The quantitative estimate of drug-likeness (QED) is 0.844. The number of unbranched alkanes of at least 4 members (excludes halogenated alkanes) is 1. The third-order valence-corrected chi connectivity index (χ3v) is 3.79. The van der Waals surface area contributed by atoms with E-state index in [1.165, 1.54) is 50.9 Å². The zero-order valence-electron chi connectivity index (χ0n) is 11.5. The van der Waals surface area contributed by atoms with Crippen molar-refractivity contribution in [1.82, 2.24) is 4.90 Å². The first-order valence-electron chi connectivity index (χ1n) is 6.87. The van der Waals surface area contributed by atoms with Crippen LogP contribution in [-0.4, -0.2) is 31.1 Å². The van der Waals surface area contributed by atoms with Crippen molar-refractivity contribution in [1.29, 1.82) is 0 Å². The van der Waals surface area contributed by atoms with Crippen LogP contribution >= 0.6 is 24.8 Å². The van der Waals surface area contributed by atoms with Crippen LogP contribution in [0.5, 0.6) is 0 Å². The molecule has 2 N–H and O–H groups in total. The molecule has 2 rings (SSSR count). The summed E-state index contributed by atoms with van der Waals surface area (Å²) < 4.78 is 0. The van der Waals surface area contributed by atoms with Gasteiger partial charge in [-0.25, -0.2) is 0 Å². The number of likely N-dealkylation sites (tertiary alicyclic amines) is 1. The minimum absolute atomic E-state index is 0. The van der Waals surface area contributed by atoms with Gasteiger partial charge in [0.15, 0.2) is 0 Å². The molecular formula is C15H26Cl2N2. The molecule has 0 bridgehead atoms. The monoisotopic (exact) mass is 304 g/mol. The zero-order valence-corrected chi connectivity index (χ0v) is 13.1. The SMILES string of the molecule is Cl.Cl.NCCCCN1CCC(c2ccccc2)CC1. The lowest BCUT2D eigenvalue weighted by Gasteiger charge is -2.32. The van der Waals surface area contributed by atoms with Crippen molar-refractivity contribution in [2.45, 2.75) is 31.6 Å². The maximum Gasteiger partial charge on any atom is -0.00129 e. The molecule has 1 aliphatic heterocycles. The fraction of sp³-hybridized carbons (Fsp3) is 0.600. The second-order valence-corrected chi connectivity index (χ2v) is 5.02. The minimum atomic E-state index is 0. The van der Waals surface area contributed by atoms with Gasteiger partial charge in [-0.3, -0.25) is 0 Å². The highest BCUT2D eigenvalue weighted by Crippen LogP contribution is 2.27. The molecule has 0 radical (unpaired) electrons. The summed E-state index contributed by atoms with van der Waals surface area (Å²) in [5, 5.41) is 0. The summed E-state index contributed by atoms with van der Waals surface area (Å²) in [4.78, 5) is 2.59. The molecule has 1 aliphatic rings. The molecule has 1 aromatic rings. The Morgan fingerprint density at radius 3 is 2.21 bits per heavy atom. The largest absolute Gasteiger partial charge is 0.330 e. The summed E-state index contributed by atoms with van der Waals surface area (Å²) in [6, 6.07) is 11.0. The van der Waals surface area contributed by atoms with Crippen LogP contribution < -0.4 is 5.73 Å². The predicted molar refractivity (Wildman–Crippen MR) is 87.6 cm³/mol. The van der Waals surface area contributed by atoms with Crippen molar-refractivity contribution in [3.8, 4) is 0 Å². The van der Waals surface area contributed by atoms with Crippen LogP contribution in [0, 0.1) is 0 Å². The molecule has 4 heteroatoms. The van der Waals surface area contributed by atoms with Gasteiger partial charge in [-0.15, -0.1) is 24.8 Å². The Morgan fingerprint density at radius 1 is 1.00 bits per heavy atom. The number of halogens is 2. The van der Waals surface area contributed by atoms with Crippen LogP contribution in [0.4, 0.5) is 0 Å². The van der Waals surface area contributed by atoms with Crippen molar-refractivity contribution < 1.29 is 0 Å². The van der Waals surface area contributed by atoms with Crippen LogP contribution in [0.15, 0.2) is 30.3 Å². The first-order chi connectivity index (χ1) is 8.40. The van der Waals surface area contributed by atoms with Gasteiger partial charge in [-0.1, -0.05) is 30.3 Å². The van der Waals surface area contributed by atoms with E-state index in [0.717, 1.165) is 12.5 Å². The number of rotatable bonds is 5. The van der Waals surface area contributed by atoms with E-state index in [0.29, 0.717) is 0 Å². The van der Waals surface area contributed by atoms with Crippen LogP contribution in [-0.2, 0) is 0 Å². The van der Waals surface area contributed by atoms with Gasteiger partial charge < -0.3 is 10.6 Å². The summed E-state index contributed by atoms with van der Waals surface area (Å²) in [6.45, 7) is 4.58. The molecule has 0 aliphatic carbocycles. The van der Waals surface area contributed by atoms with Gasteiger partial charge in [0, 0.05) is 0 Å². The Labute approximate surface area is 129 Å². The van der Waals surface area contributed by atoms with E-state index in [1.807, 2.05) is 0 Å². The highest BCUT2D eigenvalue weighted by atomic mass is 35.5. The smallest absolute Gasteiger partial charge is 0.00129 e. The molecule has 2 nitrogen and oxygen atoms in total. The second-order valence-electron chi connectivity index (χ2n) is 5.02. The maximum atomic E-state index is 5.52. The second kappa shape index (κ2) is 10.5. The van der Waals surface area contributed by atoms with Crippen LogP contribution in [0.1, 0.15) is 37.2 Å². The Bertz CT molecular complexity index is 311. The molecule has 0 saturated carbocycles. The molecule has 19 heavy (non-hydrogen) atoms. The minimum Gasteiger partial charge on any atom is -0.330 e. The number of nitrogens with zero attached hydrogens (tertiary/aromatic N) is 1. The van der Waals surface area contributed by atoms with Crippen molar-refractivity contribution in [2.75, 3.05) is 26.2 Å². The summed E-state index contributed by atoms with van der Waals surface area (Å²) in [7, 11) is 0. The average Bonchev–Trinajstić information content (AvgIpc) is 2.41. The Kier molecular flexibility index (Phi) is 10.3. The van der Waals surface area contributed by atoms with Crippen molar-refractivity contribution in [2.24, 2.45) is 5.73 Å². The van der Waals surface area contributed by atoms with Crippen molar-refractivity contribution in [3.05, 3.63) is 35.9 Å². The third-order valence-electron chi connectivity index (χ3n) is 3.79. The molecule has 1 saturated heterocycles. The van der Waals surface area contributed by atoms with E-state index < -0.39 is 0 Å². The lowest BCUT2D eigenvalue weighted by Crippen LogP contribution is -2.33. The van der Waals surface area contributed by atoms with Crippen LogP contribution in [0.3, 0.4) is 0 Å². The van der Waals surface area contributed by atoms with E-state index in [1.54, 1.807) is 0 Å². The molecule has 0 amide bonds. The van der Waals surface area contributed by atoms with Gasteiger partial charge in [0.05, 0.1) is 0 Å². The normalized spacial score (nSPS) is 16.5. The molecule has 1 aromatic carbocycles. The number of benzene rings is 1. The number of nitrogens with two attached hydrogens (primary N) is 1. The standard InChI is InChI=1S/C15H24N2.2ClH/c16-10-4-5-11-17-12-8-15(9-13-17)14-6-2-1-3-7-14;;/h1-3,6-7,15H,4-5,8-13,16H2;2*1H. The lowest BCUT2D eigenvalue weighted by atomic mass is 9.89. The van der Waals surface area contributed by atoms with Crippen molar-refractivity contribution in [3.63, 3.8) is 0 Å². The molecule has 1 heterocycles. The Morgan fingerprint density at radius 2 is 1.63 bits per heavy atom. The fourth-order valence-corrected chi connectivity index (χ4v) is 2.69. The molecule has 0 aromatic heterocycles. The number of hydrogen-bond donors (Lipinski definition) is 1. The molecule has 0 atom stereocenters. The maximum absolute atomic E-state index is 5.52. The Hall–Kier alpha value is -0.280. The summed E-state index contributed by atoms with van der Waals surface area (Å²) >= 11 is 0. The van der Waals surface area contributed by atoms with Crippen LogP contribution in [0.2, 0.25) is 0 Å². The van der Waals surface area contributed by atoms with E-state index in [2.05, 4.69) is 35.2 Å². The van der Waals surface area contributed by atoms with E-state index in [4.69, 9.17) is 5.73 Å². The summed E-state index contributed by atoms with van der Waals surface area (Å²) in [6.07, 6.45) is 5.05. The van der Waals surface area contributed by atoms with Gasteiger partial charge >= 0.3 is 0 Å². The topological polar surface area (TPSA) is 29.3 Å². The third kappa shape index (κ3) is 6.13. The van der Waals surface area contributed by atoms with E-state index in [-0.39, 0.29) is 24.8 Å².